The molecule has 0 radical (unpaired) electrons. The highest BCUT2D eigenvalue weighted by Gasteiger charge is 2.41. The van der Waals surface area contributed by atoms with Gasteiger partial charge in [-0.3, -0.25) is 14.4 Å². The molecular weight excluding hydrogens is 281 g/mol. The van der Waals surface area contributed by atoms with Crippen LogP contribution in [0, 0.1) is 5.92 Å². The van der Waals surface area contributed by atoms with E-state index >= 15 is 0 Å². The third-order valence-corrected chi connectivity index (χ3v) is 2.32. The number of carbonyl (C=O) groups excluding carboxylic acids is 2. The minimum Gasteiger partial charge on any atom is -0.480 e. The standard InChI is InChI=1S/C11H17F3N2O4/c1-5(2)4-7(16-10(20)11(12,13)14)8(17)15-6(3)9(18)19/h5-7H,4H2,1-3H3,(H,15,17)(H,16,20)(H,18,19)/t6-,7-/m0/s1. The number of carboxylic acids is 1. The van der Waals surface area contributed by atoms with Crippen LogP contribution in [0.2, 0.25) is 0 Å². The molecule has 0 fully saturated rings. The Labute approximate surface area is 113 Å². The molecule has 0 saturated heterocycles. The van der Waals surface area contributed by atoms with Crippen LogP contribution in [0.25, 0.3) is 0 Å². The number of amides is 2. The summed E-state index contributed by atoms with van der Waals surface area (Å²) in [6.45, 7) is 4.47. The number of halogens is 3. The molecule has 0 saturated carbocycles. The lowest BCUT2D eigenvalue weighted by atomic mass is 10.0. The van der Waals surface area contributed by atoms with Crippen molar-refractivity contribution in [1.29, 1.82) is 0 Å². The highest BCUT2D eigenvalue weighted by Crippen LogP contribution is 2.15. The maximum Gasteiger partial charge on any atom is 0.471 e. The van der Waals surface area contributed by atoms with Crippen LogP contribution in [0.3, 0.4) is 0 Å². The maximum atomic E-state index is 12.2. The number of rotatable bonds is 6. The fraction of sp³-hybridized carbons (Fsp3) is 0.727. The first-order valence-corrected chi connectivity index (χ1v) is 5.86. The first-order valence-electron chi connectivity index (χ1n) is 5.86. The maximum absolute atomic E-state index is 12.2. The van der Waals surface area contributed by atoms with E-state index in [-0.39, 0.29) is 12.3 Å². The molecule has 0 aliphatic heterocycles. The van der Waals surface area contributed by atoms with Crippen LogP contribution in [0.5, 0.6) is 0 Å². The number of nitrogens with one attached hydrogen (secondary N) is 2. The van der Waals surface area contributed by atoms with Crippen LogP contribution in [-0.4, -0.2) is 41.2 Å². The second-order valence-electron chi connectivity index (χ2n) is 4.72. The SMILES string of the molecule is CC(C)C[C@H](NC(=O)C(F)(F)F)C(=O)N[C@@H](C)C(=O)O. The minimum atomic E-state index is -5.10. The van der Waals surface area contributed by atoms with E-state index in [4.69, 9.17) is 5.11 Å². The molecule has 0 aliphatic carbocycles. The first kappa shape index (κ1) is 18.2. The summed E-state index contributed by atoms with van der Waals surface area (Å²) in [4.78, 5) is 33.1. The molecule has 2 atom stereocenters. The molecule has 2 amide bonds. The van der Waals surface area contributed by atoms with E-state index in [2.05, 4.69) is 0 Å². The van der Waals surface area contributed by atoms with E-state index in [9.17, 15) is 27.6 Å². The lowest BCUT2D eigenvalue weighted by molar-refractivity contribution is -0.175. The highest BCUT2D eigenvalue weighted by atomic mass is 19.4. The average molecular weight is 298 g/mol. The monoisotopic (exact) mass is 298 g/mol. The molecule has 0 heterocycles. The van der Waals surface area contributed by atoms with E-state index in [0.717, 1.165) is 6.92 Å². The molecule has 0 aromatic carbocycles. The van der Waals surface area contributed by atoms with E-state index in [1.807, 2.05) is 5.32 Å². The number of carbonyl (C=O) groups is 3. The van der Waals surface area contributed by atoms with Gasteiger partial charge in [0.1, 0.15) is 12.1 Å². The third-order valence-electron chi connectivity index (χ3n) is 2.32. The molecule has 0 aromatic heterocycles. The summed E-state index contributed by atoms with van der Waals surface area (Å²) in [6.07, 6.45) is -5.14. The van der Waals surface area contributed by atoms with Gasteiger partial charge in [-0.15, -0.1) is 0 Å². The van der Waals surface area contributed by atoms with Crippen molar-refractivity contribution in [2.24, 2.45) is 5.92 Å². The second kappa shape index (κ2) is 7.11. The zero-order valence-corrected chi connectivity index (χ0v) is 11.2. The van der Waals surface area contributed by atoms with Crippen molar-refractivity contribution in [3.8, 4) is 0 Å². The summed E-state index contributed by atoms with van der Waals surface area (Å²) in [5.41, 5.74) is 0. The van der Waals surface area contributed by atoms with Gasteiger partial charge in [-0.2, -0.15) is 13.2 Å². The summed E-state index contributed by atoms with van der Waals surface area (Å²) in [5.74, 6) is -4.70. The summed E-state index contributed by atoms with van der Waals surface area (Å²) in [5, 5.41) is 12.2. The molecule has 6 nitrogen and oxygen atoms in total. The molecule has 0 bridgehead atoms. The van der Waals surface area contributed by atoms with Gasteiger partial charge >= 0.3 is 18.1 Å². The number of hydrogen-bond acceptors (Lipinski definition) is 3. The normalized spacial score (nSPS) is 14.6. The largest absolute Gasteiger partial charge is 0.480 e. The molecule has 9 heteroatoms. The number of hydrogen-bond donors (Lipinski definition) is 3. The quantitative estimate of drug-likeness (QED) is 0.671. The van der Waals surface area contributed by atoms with Crippen molar-refractivity contribution >= 4 is 17.8 Å². The van der Waals surface area contributed by atoms with Gasteiger partial charge in [0.25, 0.3) is 0 Å². The Kier molecular flexibility index (Phi) is 6.47. The molecule has 3 N–H and O–H groups in total. The van der Waals surface area contributed by atoms with Crippen molar-refractivity contribution in [1.82, 2.24) is 10.6 Å². The molecule has 0 aliphatic rings. The van der Waals surface area contributed by atoms with E-state index in [0.29, 0.717) is 0 Å². The van der Waals surface area contributed by atoms with Crippen molar-refractivity contribution in [3.05, 3.63) is 0 Å². The molecule has 20 heavy (non-hydrogen) atoms. The summed E-state index contributed by atoms with van der Waals surface area (Å²) in [7, 11) is 0. The summed E-state index contributed by atoms with van der Waals surface area (Å²) in [6, 6.07) is -2.70. The predicted octanol–water partition coefficient (Wildman–Crippen LogP) is 0.669. The van der Waals surface area contributed by atoms with Crippen LogP contribution in [-0.2, 0) is 14.4 Å². The smallest absolute Gasteiger partial charge is 0.471 e. The zero-order valence-electron chi connectivity index (χ0n) is 11.2. The molecule has 116 valence electrons. The Morgan fingerprint density at radius 3 is 1.95 bits per heavy atom. The molecular formula is C11H17F3N2O4. The summed E-state index contributed by atoms with van der Waals surface area (Å²) >= 11 is 0. The number of aliphatic carboxylic acids is 1. The summed E-state index contributed by atoms with van der Waals surface area (Å²) < 4.78 is 36.5. The Bertz CT molecular complexity index is 382. The van der Waals surface area contributed by atoms with E-state index in [1.54, 1.807) is 19.2 Å². The van der Waals surface area contributed by atoms with Crippen molar-refractivity contribution in [3.63, 3.8) is 0 Å². The molecule has 0 unspecified atom stereocenters. The molecule has 0 spiro atoms. The van der Waals surface area contributed by atoms with Crippen LogP contribution < -0.4 is 10.6 Å². The fourth-order valence-corrected chi connectivity index (χ4v) is 1.32. The highest BCUT2D eigenvalue weighted by molar-refractivity contribution is 5.91. The van der Waals surface area contributed by atoms with Gasteiger partial charge in [-0.1, -0.05) is 13.8 Å². The van der Waals surface area contributed by atoms with Gasteiger partial charge in [0.2, 0.25) is 5.91 Å². The number of carboxylic acid groups (broad SMARTS) is 1. The average Bonchev–Trinajstić information content (AvgIpc) is 2.25. The van der Waals surface area contributed by atoms with Crippen LogP contribution in [0.4, 0.5) is 13.2 Å². The van der Waals surface area contributed by atoms with E-state index < -0.39 is 36.0 Å². The lowest BCUT2D eigenvalue weighted by Gasteiger charge is -2.21. The van der Waals surface area contributed by atoms with Crippen LogP contribution in [0.15, 0.2) is 0 Å². The van der Waals surface area contributed by atoms with Gasteiger partial charge in [-0.05, 0) is 19.3 Å². The van der Waals surface area contributed by atoms with E-state index in [1.165, 1.54) is 0 Å². The van der Waals surface area contributed by atoms with Crippen molar-refractivity contribution in [2.45, 2.75) is 45.5 Å². The van der Waals surface area contributed by atoms with Crippen molar-refractivity contribution < 1.29 is 32.7 Å². The Morgan fingerprint density at radius 2 is 1.60 bits per heavy atom. The molecule has 0 rings (SSSR count). The zero-order chi connectivity index (χ0) is 16.1. The second-order valence-corrected chi connectivity index (χ2v) is 4.72. The third kappa shape index (κ3) is 6.39. The number of alkyl halides is 3. The molecule has 0 aromatic rings. The minimum absolute atomic E-state index is 0.0417. The Morgan fingerprint density at radius 1 is 1.10 bits per heavy atom. The fourth-order valence-electron chi connectivity index (χ4n) is 1.32. The van der Waals surface area contributed by atoms with Crippen LogP contribution in [0.1, 0.15) is 27.2 Å². The topological polar surface area (TPSA) is 95.5 Å². The van der Waals surface area contributed by atoms with Gasteiger partial charge in [0.15, 0.2) is 0 Å². The van der Waals surface area contributed by atoms with Crippen LogP contribution >= 0.6 is 0 Å². The van der Waals surface area contributed by atoms with Gasteiger partial charge in [-0.25, -0.2) is 0 Å². The first-order chi connectivity index (χ1) is 8.95. The Hall–Kier alpha value is -1.80. The van der Waals surface area contributed by atoms with Gasteiger partial charge < -0.3 is 15.7 Å². The van der Waals surface area contributed by atoms with Gasteiger partial charge in [0, 0.05) is 0 Å². The van der Waals surface area contributed by atoms with Gasteiger partial charge in [0.05, 0.1) is 0 Å². The predicted molar refractivity (Wildman–Crippen MR) is 62.7 cm³/mol. The lowest BCUT2D eigenvalue weighted by Crippen LogP contribution is -2.53. The Balaban J connectivity index is 4.84. The van der Waals surface area contributed by atoms with Crippen molar-refractivity contribution in [2.75, 3.05) is 0 Å².